The number of aryl methyl sites for hydroxylation is 1. The molecule has 1 aromatic rings. The highest BCUT2D eigenvalue weighted by atomic mass is 32.1. The molecular weight excluding hydrogens is 238 g/mol. The zero-order valence-electron chi connectivity index (χ0n) is 9.60. The highest BCUT2D eigenvalue weighted by Crippen LogP contribution is 2.34. The van der Waals surface area contributed by atoms with Crippen molar-refractivity contribution in [1.29, 1.82) is 0 Å². The molecule has 0 radical (unpaired) electrons. The Hall–Kier alpha value is -1.36. The molecule has 1 heterocycles. The first-order valence-corrected chi connectivity index (χ1v) is 6.47. The molecule has 2 N–H and O–H groups in total. The van der Waals surface area contributed by atoms with Gasteiger partial charge in [-0.1, -0.05) is 0 Å². The Bertz CT molecular complexity index is 437. The molecule has 0 bridgehead atoms. The van der Waals surface area contributed by atoms with E-state index in [9.17, 15) is 9.59 Å². The van der Waals surface area contributed by atoms with Crippen LogP contribution >= 0.6 is 11.3 Å². The lowest BCUT2D eigenvalue weighted by Gasteiger charge is -2.15. The maximum atomic E-state index is 11.9. The third kappa shape index (κ3) is 3.30. The number of amides is 1. The van der Waals surface area contributed by atoms with E-state index in [1.54, 1.807) is 6.07 Å². The SMILES string of the molecule is Cc1ccc(C(=O)NC(CC(=O)O)C2CC2)s1. The van der Waals surface area contributed by atoms with Gasteiger partial charge in [0.15, 0.2) is 0 Å². The van der Waals surface area contributed by atoms with Crippen molar-refractivity contribution >= 4 is 23.2 Å². The number of carbonyl (C=O) groups is 2. The van der Waals surface area contributed by atoms with E-state index in [0.29, 0.717) is 10.8 Å². The third-order valence-electron chi connectivity index (χ3n) is 2.87. The van der Waals surface area contributed by atoms with Gasteiger partial charge in [0.2, 0.25) is 0 Å². The van der Waals surface area contributed by atoms with Crippen molar-refractivity contribution in [2.75, 3.05) is 0 Å². The molecule has 1 atom stereocenters. The highest BCUT2D eigenvalue weighted by molar-refractivity contribution is 7.13. The summed E-state index contributed by atoms with van der Waals surface area (Å²) in [5.74, 6) is -0.665. The second-order valence-electron chi connectivity index (χ2n) is 4.43. The zero-order chi connectivity index (χ0) is 12.4. The first kappa shape index (κ1) is 12.1. The average molecular weight is 253 g/mol. The number of hydrogen-bond acceptors (Lipinski definition) is 3. The Balaban J connectivity index is 1.97. The van der Waals surface area contributed by atoms with E-state index in [0.717, 1.165) is 17.7 Å². The molecule has 1 aromatic heterocycles. The van der Waals surface area contributed by atoms with Crippen LogP contribution in [0, 0.1) is 12.8 Å². The van der Waals surface area contributed by atoms with Crippen molar-refractivity contribution in [1.82, 2.24) is 5.32 Å². The quantitative estimate of drug-likeness (QED) is 0.844. The molecule has 2 rings (SSSR count). The summed E-state index contributed by atoms with van der Waals surface area (Å²) in [5.41, 5.74) is 0. The van der Waals surface area contributed by atoms with E-state index < -0.39 is 5.97 Å². The van der Waals surface area contributed by atoms with E-state index in [1.165, 1.54) is 11.3 Å². The number of rotatable bonds is 5. The van der Waals surface area contributed by atoms with Gasteiger partial charge in [0, 0.05) is 10.9 Å². The van der Waals surface area contributed by atoms with Crippen LogP contribution < -0.4 is 5.32 Å². The summed E-state index contributed by atoms with van der Waals surface area (Å²) in [6.45, 7) is 1.94. The highest BCUT2D eigenvalue weighted by Gasteiger charge is 2.33. The summed E-state index contributed by atoms with van der Waals surface area (Å²) in [6, 6.07) is 3.45. The fourth-order valence-corrected chi connectivity index (χ4v) is 2.59. The van der Waals surface area contributed by atoms with Gasteiger partial charge in [-0.2, -0.15) is 0 Å². The van der Waals surface area contributed by atoms with Gasteiger partial charge in [-0.25, -0.2) is 0 Å². The van der Waals surface area contributed by atoms with E-state index in [-0.39, 0.29) is 18.4 Å². The second kappa shape index (κ2) is 4.87. The molecule has 17 heavy (non-hydrogen) atoms. The minimum absolute atomic E-state index is 0.0146. The van der Waals surface area contributed by atoms with Crippen LogP contribution in [-0.2, 0) is 4.79 Å². The predicted molar refractivity (Wildman–Crippen MR) is 65.3 cm³/mol. The number of carbonyl (C=O) groups excluding carboxylic acids is 1. The fraction of sp³-hybridized carbons (Fsp3) is 0.500. The maximum absolute atomic E-state index is 11.9. The largest absolute Gasteiger partial charge is 0.481 e. The van der Waals surface area contributed by atoms with Crippen LogP contribution in [0.15, 0.2) is 12.1 Å². The first-order chi connectivity index (χ1) is 8.06. The van der Waals surface area contributed by atoms with Crippen LogP contribution in [0.3, 0.4) is 0 Å². The number of hydrogen-bond donors (Lipinski definition) is 2. The van der Waals surface area contributed by atoms with Gasteiger partial charge in [0.05, 0.1) is 11.3 Å². The third-order valence-corrected chi connectivity index (χ3v) is 3.87. The number of thiophene rings is 1. The Labute approximate surface area is 104 Å². The lowest BCUT2D eigenvalue weighted by Crippen LogP contribution is -2.37. The average Bonchev–Trinajstić information content (AvgIpc) is 2.99. The molecule has 1 fully saturated rings. The van der Waals surface area contributed by atoms with Crippen LogP contribution in [0.5, 0.6) is 0 Å². The summed E-state index contributed by atoms with van der Waals surface area (Å²) >= 11 is 1.43. The van der Waals surface area contributed by atoms with Crippen molar-refractivity contribution in [3.63, 3.8) is 0 Å². The van der Waals surface area contributed by atoms with Gasteiger partial charge < -0.3 is 10.4 Å². The summed E-state index contributed by atoms with van der Waals surface area (Å²) in [6.07, 6.45) is 2.05. The van der Waals surface area contributed by atoms with Crippen molar-refractivity contribution in [3.8, 4) is 0 Å². The molecule has 92 valence electrons. The molecular formula is C12H15NO3S. The molecule has 1 aliphatic rings. The molecule has 1 aliphatic carbocycles. The molecule has 0 saturated heterocycles. The van der Waals surface area contributed by atoms with Crippen molar-refractivity contribution in [2.45, 2.75) is 32.2 Å². The van der Waals surface area contributed by atoms with Gasteiger partial charge in [0.1, 0.15) is 0 Å². The zero-order valence-corrected chi connectivity index (χ0v) is 10.4. The van der Waals surface area contributed by atoms with Crippen LogP contribution in [0.1, 0.15) is 33.8 Å². The molecule has 0 spiro atoms. The summed E-state index contributed by atoms with van der Waals surface area (Å²) in [4.78, 5) is 24.3. The fourth-order valence-electron chi connectivity index (χ4n) is 1.82. The van der Waals surface area contributed by atoms with Crippen LogP contribution in [0.2, 0.25) is 0 Å². The lowest BCUT2D eigenvalue weighted by atomic mass is 10.1. The number of carboxylic acid groups (broad SMARTS) is 1. The minimum atomic E-state index is -0.857. The van der Waals surface area contributed by atoms with E-state index in [1.807, 2.05) is 13.0 Å². The smallest absolute Gasteiger partial charge is 0.305 e. The van der Waals surface area contributed by atoms with Crippen molar-refractivity contribution in [2.24, 2.45) is 5.92 Å². The monoisotopic (exact) mass is 253 g/mol. The summed E-state index contributed by atoms with van der Waals surface area (Å²) in [5, 5.41) is 11.6. The lowest BCUT2D eigenvalue weighted by molar-refractivity contribution is -0.137. The molecule has 1 saturated carbocycles. The standard InChI is InChI=1S/C12H15NO3S/c1-7-2-5-10(17-7)12(16)13-9(6-11(14)15)8-3-4-8/h2,5,8-9H,3-4,6H2,1H3,(H,13,16)(H,14,15). The molecule has 0 aromatic carbocycles. The maximum Gasteiger partial charge on any atom is 0.305 e. The van der Waals surface area contributed by atoms with Gasteiger partial charge >= 0.3 is 5.97 Å². The molecule has 4 nitrogen and oxygen atoms in total. The molecule has 5 heteroatoms. The van der Waals surface area contributed by atoms with Crippen molar-refractivity contribution in [3.05, 3.63) is 21.9 Å². The van der Waals surface area contributed by atoms with Gasteiger partial charge in [-0.05, 0) is 37.8 Å². The minimum Gasteiger partial charge on any atom is -0.481 e. The van der Waals surface area contributed by atoms with Gasteiger partial charge in [-0.15, -0.1) is 11.3 Å². The van der Waals surface area contributed by atoms with Crippen molar-refractivity contribution < 1.29 is 14.7 Å². The van der Waals surface area contributed by atoms with Gasteiger partial charge in [0.25, 0.3) is 5.91 Å². The van der Waals surface area contributed by atoms with E-state index in [4.69, 9.17) is 5.11 Å². The molecule has 0 aliphatic heterocycles. The van der Waals surface area contributed by atoms with Crippen LogP contribution in [0.25, 0.3) is 0 Å². The van der Waals surface area contributed by atoms with Crippen LogP contribution in [0.4, 0.5) is 0 Å². The predicted octanol–water partition coefficient (Wildman–Crippen LogP) is 2.04. The Morgan fingerprint density at radius 2 is 2.24 bits per heavy atom. The van der Waals surface area contributed by atoms with E-state index in [2.05, 4.69) is 5.32 Å². The first-order valence-electron chi connectivity index (χ1n) is 5.65. The molecule has 1 amide bonds. The summed E-state index contributed by atoms with van der Waals surface area (Å²) in [7, 11) is 0. The number of nitrogens with one attached hydrogen (secondary N) is 1. The Morgan fingerprint density at radius 1 is 1.53 bits per heavy atom. The van der Waals surface area contributed by atoms with Crippen LogP contribution in [-0.4, -0.2) is 23.0 Å². The Kier molecular flexibility index (Phi) is 3.47. The normalized spacial score (nSPS) is 16.5. The van der Waals surface area contributed by atoms with E-state index >= 15 is 0 Å². The number of aliphatic carboxylic acids is 1. The summed E-state index contributed by atoms with van der Waals surface area (Å²) < 4.78 is 0. The molecule has 1 unspecified atom stereocenters. The topological polar surface area (TPSA) is 66.4 Å². The second-order valence-corrected chi connectivity index (χ2v) is 5.71. The Morgan fingerprint density at radius 3 is 2.71 bits per heavy atom. The van der Waals surface area contributed by atoms with Gasteiger partial charge in [-0.3, -0.25) is 9.59 Å². The number of carboxylic acids is 1.